The highest BCUT2D eigenvalue weighted by molar-refractivity contribution is 7.80. The Morgan fingerprint density at radius 2 is 1.83 bits per heavy atom. The lowest BCUT2D eigenvalue weighted by Gasteiger charge is -2.17. The van der Waals surface area contributed by atoms with Gasteiger partial charge in [0.25, 0.3) is 5.91 Å². The van der Waals surface area contributed by atoms with Crippen molar-refractivity contribution >= 4 is 30.3 Å². The van der Waals surface area contributed by atoms with Gasteiger partial charge in [-0.3, -0.25) is 9.59 Å². The van der Waals surface area contributed by atoms with Gasteiger partial charge < -0.3 is 20.1 Å². The zero-order valence-electron chi connectivity index (χ0n) is 19.3. The molecule has 0 unspecified atom stereocenters. The van der Waals surface area contributed by atoms with Crippen LogP contribution in [0, 0.1) is 6.92 Å². The number of hydrogen-bond donors (Lipinski definition) is 3. The number of halogens is 2. The maximum atomic E-state index is 13.4. The summed E-state index contributed by atoms with van der Waals surface area (Å²) >= 11 is 4.11. The Labute approximate surface area is 211 Å². The van der Waals surface area contributed by atoms with E-state index in [1.807, 2.05) is 19.1 Å². The molecule has 1 aliphatic carbocycles. The number of anilines is 1. The van der Waals surface area contributed by atoms with Crippen molar-refractivity contribution < 1.29 is 27.8 Å². The van der Waals surface area contributed by atoms with Gasteiger partial charge in [-0.1, -0.05) is 24.3 Å². The van der Waals surface area contributed by atoms with Gasteiger partial charge in [0, 0.05) is 23.4 Å². The number of carbonyl (C=O) groups is 2. The van der Waals surface area contributed by atoms with Gasteiger partial charge in [-0.25, -0.2) is 4.98 Å². The van der Waals surface area contributed by atoms with Crippen molar-refractivity contribution in [1.82, 2.24) is 10.3 Å². The number of hydrogen-bond acceptors (Lipinski definition) is 6. The number of amides is 2. The normalized spacial score (nSPS) is 16.3. The van der Waals surface area contributed by atoms with Crippen LogP contribution in [0.25, 0.3) is 11.3 Å². The maximum Gasteiger partial charge on any atom is 0.586 e. The predicted octanol–water partition coefficient (Wildman–Crippen LogP) is 4.71. The molecule has 2 heterocycles. The summed E-state index contributed by atoms with van der Waals surface area (Å²) in [5.74, 6) is 0.246. The zero-order valence-corrected chi connectivity index (χ0v) is 20.2. The molecule has 3 aromatic rings. The second-order valence-electron chi connectivity index (χ2n) is 8.79. The molecule has 0 bridgehead atoms. The summed E-state index contributed by atoms with van der Waals surface area (Å²) in [6, 6.07) is 15.1. The number of alkyl halides is 2. The molecule has 10 heteroatoms. The molecule has 1 aromatic heterocycles. The van der Waals surface area contributed by atoms with Crippen molar-refractivity contribution in [1.29, 1.82) is 0 Å². The molecule has 7 nitrogen and oxygen atoms in total. The lowest BCUT2D eigenvalue weighted by atomic mass is 9.94. The van der Waals surface area contributed by atoms with Gasteiger partial charge in [-0.2, -0.15) is 12.6 Å². The fraction of sp³-hybridized carbons (Fsp3) is 0.269. The topological polar surface area (TPSA) is 89.6 Å². The number of nitrogens with one attached hydrogen (secondary N) is 2. The van der Waals surface area contributed by atoms with E-state index in [9.17, 15) is 18.4 Å². The first-order valence-electron chi connectivity index (χ1n) is 11.4. The molecule has 2 aliphatic rings. The van der Waals surface area contributed by atoms with Crippen molar-refractivity contribution in [3.8, 4) is 22.8 Å². The second kappa shape index (κ2) is 9.09. The maximum absolute atomic E-state index is 13.4. The van der Waals surface area contributed by atoms with Crippen LogP contribution >= 0.6 is 12.6 Å². The lowest BCUT2D eigenvalue weighted by molar-refractivity contribution is -0.286. The molecule has 5 rings (SSSR count). The van der Waals surface area contributed by atoms with Crippen LogP contribution in [0.15, 0.2) is 54.6 Å². The van der Waals surface area contributed by atoms with Gasteiger partial charge in [-0.05, 0) is 61.2 Å². The van der Waals surface area contributed by atoms with Gasteiger partial charge in [0.2, 0.25) is 5.91 Å². The highest BCUT2D eigenvalue weighted by atomic mass is 32.1. The Kier molecular flexibility index (Phi) is 6.07. The first kappa shape index (κ1) is 24.1. The lowest BCUT2D eigenvalue weighted by Crippen LogP contribution is -2.28. The number of ether oxygens (including phenoxy) is 2. The fourth-order valence-electron chi connectivity index (χ4n) is 4.22. The monoisotopic (exact) mass is 511 g/mol. The molecule has 36 heavy (non-hydrogen) atoms. The Bertz CT molecular complexity index is 1360. The average Bonchev–Trinajstić information content (AvgIpc) is 3.60. The molecule has 1 saturated carbocycles. The SMILES string of the molecule is Cc1ccc(NC(=O)C2(c3ccc4c(c3)OC(F)(F)O4)CC2)nc1-c1cccc(C(=O)NCCS)c1. The number of pyridine rings is 1. The molecule has 2 aromatic carbocycles. The molecule has 1 aliphatic heterocycles. The molecular formula is C26H23F2N3O4S. The van der Waals surface area contributed by atoms with Crippen LogP contribution in [0.2, 0.25) is 0 Å². The van der Waals surface area contributed by atoms with Gasteiger partial charge >= 0.3 is 6.29 Å². The van der Waals surface area contributed by atoms with Crippen LogP contribution < -0.4 is 20.1 Å². The Balaban J connectivity index is 1.37. The minimum absolute atomic E-state index is 0.0636. The van der Waals surface area contributed by atoms with E-state index in [2.05, 4.69) is 37.7 Å². The highest BCUT2D eigenvalue weighted by Crippen LogP contribution is 2.52. The van der Waals surface area contributed by atoms with Crippen LogP contribution in [-0.2, 0) is 10.2 Å². The van der Waals surface area contributed by atoms with Gasteiger partial charge in [0.1, 0.15) is 5.82 Å². The summed E-state index contributed by atoms with van der Waals surface area (Å²) in [6.07, 6.45) is -2.58. The summed E-state index contributed by atoms with van der Waals surface area (Å²) in [5, 5.41) is 5.66. The molecule has 0 atom stereocenters. The first-order valence-corrected chi connectivity index (χ1v) is 12.0. The molecular weight excluding hydrogens is 488 g/mol. The molecule has 2 amide bonds. The van der Waals surface area contributed by atoms with Crippen LogP contribution in [0.4, 0.5) is 14.6 Å². The van der Waals surface area contributed by atoms with Crippen LogP contribution in [0.1, 0.15) is 34.3 Å². The fourth-order valence-corrected chi connectivity index (χ4v) is 4.34. The predicted molar refractivity (Wildman–Crippen MR) is 133 cm³/mol. The summed E-state index contributed by atoms with van der Waals surface area (Å²) in [7, 11) is 0. The number of carbonyl (C=O) groups excluding carboxylic acids is 2. The quantitative estimate of drug-likeness (QED) is 0.400. The van der Waals surface area contributed by atoms with Gasteiger partial charge in [0.15, 0.2) is 11.5 Å². The van der Waals surface area contributed by atoms with Crippen molar-refractivity contribution in [3.05, 3.63) is 71.3 Å². The summed E-state index contributed by atoms with van der Waals surface area (Å²) in [5.41, 5.74) is 2.46. The van der Waals surface area contributed by atoms with E-state index in [-0.39, 0.29) is 23.3 Å². The minimum atomic E-state index is -3.72. The van der Waals surface area contributed by atoms with Gasteiger partial charge in [0.05, 0.1) is 11.1 Å². The molecule has 0 saturated heterocycles. The number of rotatable bonds is 7. The standard InChI is InChI=1S/C26H23F2N3O4S/c1-15-5-8-21(30-22(15)16-3-2-4-17(13-16)23(32)29-11-12-36)31-24(33)25(9-10-25)18-6-7-19-20(14-18)35-26(27,28)34-19/h2-8,13-14,36H,9-12H2,1H3,(H,29,32)(H,30,31,33). The Morgan fingerprint density at radius 3 is 2.58 bits per heavy atom. The summed E-state index contributed by atoms with van der Waals surface area (Å²) in [4.78, 5) is 30.3. The zero-order chi connectivity index (χ0) is 25.5. The Morgan fingerprint density at radius 1 is 1.06 bits per heavy atom. The first-order chi connectivity index (χ1) is 17.2. The van der Waals surface area contributed by atoms with E-state index in [1.165, 1.54) is 12.1 Å². The molecule has 186 valence electrons. The van der Waals surface area contributed by atoms with Crippen molar-refractivity contribution in [2.45, 2.75) is 31.5 Å². The summed E-state index contributed by atoms with van der Waals surface area (Å²) < 4.78 is 35.8. The molecule has 1 fully saturated rings. The number of fused-ring (bicyclic) bond motifs is 1. The van der Waals surface area contributed by atoms with Gasteiger partial charge in [-0.15, -0.1) is 8.78 Å². The average molecular weight is 512 g/mol. The largest absolute Gasteiger partial charge is 0.586 e. The number of thiol groups is 1. The number of aromatic nitrogens is 1. The number of benzene rings is 2. The third-order valence-corrected chi connectivity index (χ3v) is 6.50. The van der Waals surface area contributed by atoms with Crippen LogP contribution in [0.5, 0.6) is 11.5 Å². The van der Waals surface area contributed by atoms with Crippen LogP contribution in [0.3, 0.4) is 0 Å². The third-order valence-electron chi connectivity index (χ3n) is 6.27. The highest BCUT2D eigenvalue weighted by Gasteiger charge is 2.53. The molecule has 0 radical (unpaired) electrons. The van der Waals surface area contributed by atoms with Crippen molar-refractivity contribution in [2.75, 3.05) is 17.6 Å². The van der Waals surface area contributed by atoms with Crippen LogP contribution in [-0.4, -0.2) is 35.4 Å². The van der Waals surface area contributed by atoms with E-state index in [0.29, 0.717) is 47.8 Å². The number of aryl methyl sites for hydroxylation is 1. The molecule has 2 N–H and O–H groups in total. The van der Waals surface area contributed by atoms with E-state index < -0.39 is 11.7 Å². The summed E-state index contributed by atoms with van der Waals surface area (Å²) in [6.45, 7) is 2.35. The molecule has 0 spiro atoms. The third kappa shape index (κ3) is 4.60. The second-order valence-corrected chi connectivity index (χ2v) is 9.23. The van der Waals surface area contributed by atoms with E-state index in [4.69, 9.17) is 0 Å². The minimum Gasteiger partial charge on any atom is -0.395 e. The smallest absolute Gasteiger partial charge is 0.395 e. The van der Waals surface area contributed by atoms with E-state index in [1.54, 1.807) is 30.3 Å². The van der Waals surface area contributed by atoms with Crippen molar-refractivity contribution in [3.63, 3.8) is 0 Å². The van der Waals surface area contributed by atoms with E-state index >= 15 is 0 Å². The van der Waals surface area contributed by atoms with Crippen molar-refractivity contribution in [2.24, 2.45) is 0 Å². The Hall–Kier alpha value is -3.66. The number of nitrogens with zero attached hydrogens (tertiary/aromatic N) is 1. The van der Waals surface area contributed by atoms with E-state index in [0.717, 1.165) is 11.1 Å².